The molecule has 25 heavy (non-hydrogen) atoms. The van der Waals surface area contributed by atoms with Crippen molar-refractivity contribution in [1.29, 1.82) is 0 Å². The smallest absolute Gasteiger partial charge is 0.226 e. The van der Waals surface area contributed by atoms with Crippen molar-refractivity contribution in [2.75, 3.05) is 5.73 Å². The molecule has 2 saturated carbocycles. The zero-order chi connectivity index (χ0) is 17.7. The largest absolute Gasteiger partial charge is 0.382 e. The Morgan fingerprint density at radius 3 is 2.88 bits per heavy atom. The molecule has 8 nitrogen and oxygen atoms in total. The molecule has 3 fully saturated rings. The van der Waals surface area contributed by atoms with Crippen molar-refractivity contribution >= 4 is 34.4 Å². The number of ether oxygens (including phenoxy) is 2. The van der Waals surface area contributed by atoms with Crippen LogP contribution < -0.4 is 5.73 Å². The lowest BCUT2D eigenvalue weighted by molar-refractivity contribution is -0.163. The molecule has 1 saturated heterocycles. The highest BCUT2D eigenvalue weighted by molar-refractivity contribution is 6.28. The summed E-state index contributed by atoms with van der Waals surface area (Å²) >= 11 is 5.99. The molecule has 0 amide bonds. The van der Waals surface area contributed by atoms with Crippen LogP contribution in [0.3, 0.4) is 0 Å². The minimum absolute atomic E-state index is 0.0684. The van der Waals surface area contributed by atoms with Gasteiger partial charge in [-0.2, -0.15) is 9.97 Å². The van der Waals surface area contributed by atoms with Crippen molar-refractivity contribution < 1.29 is 14.3 Å². The summed E-state index contributed by atoms with van der Waals surface area (Å²) in [4.78, 5) is 25.0. The number of nitrogens with zero attached hydrogens (tertiary/aromatic N) is 4. The van der Waals surface area contributed by atoms with Gasteiger partial charge in [-0.1, -0.05) is 0 Å². The number of rotatable bonds is 2. The molecule has 2 aromatic heterocycles. The zero-order valence-corrected chi connectivity index (χ0v) is 14.8. The number of imidazole rings is 1. The first-order valence-corrected chi connectivity index (χ1v) is 8.64. The average molecular weight is 364 g/mol. The summed E-state index contributed by atoms with van der Waals surface area (Å²) in [5, 5.41) is 0.0684. The van der Waals surface area contributed by atoms with Gasteiger partial charge in [0, 0.05) is 0 Å². The van der Waals surface area contributed by atoms with Gasteiger partial charge in [0.1, 0.15) is 23.5 Å². The fourth-order valence-corrected chi connectivity index (χ4v) is 4.98. The Labute approximate surface area is 148 Å². The van der Waals surface area contributed by atoms with Crippen molar-refractivity contribution in [2.45, 2.75) is 51.2 Å². The van der Waals surface area contributed by atoms with Crippen LogP contribution in [0.1, 0.15) is 33.2 Å². The number of nitrogens with two attached hydrogens (primary N) is 1. The molecule has 2 aliphatic carbocycles. The van der Waals surface area contributed by atoms with Crippen LogP contribution in [0.2, 0.25) is 5.28 Å². The van der Waals surface area contributed by atoms with Crippen LogP contribution in [0.4, 0.5) is 5.82 Å². The normalized spacial score (nSPS) is 37.9. The van der Waals surface area contributed by atoms with E-state index in [2.05, 4.69) is 15.0 Å². The summed E-state index contributed by atoms with van der Waals surface area (Å²) in [6, 6.07) is -0.106. The van der Waals surface area contributed by atoms with Crippen molar-refractivity contribution in [3.05, 3.63) is 11.6 Å². The maximum atomic E-state index is 12.4. The van der Waals surface area contributed by atoms with Gasteiger partial charge in [-0.05, 0) is 44.7 Å². The molecule has 1 aliphatic heterocycles. The number of halogens is 1. The second kappa shape index (κ2) is 4.49. The molecule has 2 aromatic rings. The van der Waals surface area contributed by atoms with E-state index in [1.54, 1.807) is 13.3 Å². The molecule has 0 spiro atoms. The number of aromatic nitrogens is 4. The summed E-state index contributed by atoms with van der Waals surface area (Å²) < 4.78 is 14.2. The number of hydrogen-bond acceptors (Lipinski definition) is 7. The number of carbonyl (C=O) groups excluding carboxylic acids is 1. The van der Waals surface area contributed by atoms with Crippen molar-refractivity contribution in [3.8, 4) is 0 Å². The van der Waals surface area contributed by atoms with E-state index in [0.717, 1.165) is 6.42 Å². The summed E-state index contributed by atoms with van der Waals surface area (Å²) in [5.41, 5.74) is 6.49. The third kappa shape index (κ3) is 1.84. The SMILES string of the molecule is CC(=O)[C@]12C[C@@H]1[C@@H](n1cnc3c(N)nc(Cl)nc31)[C@@H]1OC(C)(C)O[C@@H]12. The minimum atomic E-state index is -0.731. The third-order valence-corrected chi connectivity index (χ3v) is 6.01. The van der Waals surface area contributed by atoms with Crippen LogP contribution in [-0.4, -0.2) is 43.3 Å². The first-order valence-electron chi connectivity index (χ1n) is 8.27. The highest BCUT2D eigenvalue weighted by atomic mass is 35.5. The van der Waals surface area contributed by atoms with Crippen LogP contribution in [0.5, 0.6) is 0 Å². The van der Waals surface area contributed by atoms with Gasteiger partial charge in [-0.15, -0.1) is 0 Å². The van der Waals surface area contributed by atoms with Crippen LogP contribution >= 0.6 is 11.6 Å². The average Bonchev–Trinajstić information content (AvgIpc) is 2.83. The molecular formula is C16H18ClN5O3. The highest BCUT2D eigenvalue weighted by Crippen LogP contribution is 2.71. The Hall–Kier alpha value is -1.77. The maximum Gasteiger partial charge on any atom is 0.226 e. The second-order valence-electron chi connectivity index (χ2n) is 7.62. The third-order valence-electron chi connectivity index (χ3n) is 5.84. The standard InChI is InChI=1S/C16H18ClN5O3/c1-6(23)16-4-7(16)9(10-11(16)25-15(2,3)24-10)22-5-19-8-12(18)20-14(17)21-13(8)22/h5,7,9-11H,4H2,1-3H3,(H2,18,20,21)/t7-,9-,10+,11+,16-/m1/s1. The van der Waals surface area contributed by atoms with Crippen molar-refractivity contribution in [1.82, 2.24) is 19.5 Å². The van der Waals surface area contributed by atoms with E-state index >= 15 is 0 Å². The predicted octanol–water partition coefficient (Wildman–Crippen LogP) is 1.73. The van der Waals surface area contributed by atoms with Gasteiger partial charge in [-0.3, -0.25) is 4.79 Å². The molecule has 3 heterocycles. The molecule has 2 N–H and O–H groups in total. The molecular weight excluding hydrogens is 346 g/mol. The first kappa shape index (κ1) is 15.5. The van der Waals surface area contributed by atoms with Crippen LogP contribution in [0.15, 0.2) is 6.33 Å². The van der Waals surface area contributed by atoms with Gasteiger partial charge < -0.3 is 19.8 Å². The topological polar surface area (TPSA) is 105 Å². The Morgan fingerprint density at radius 1 is 1.40 bits per heavy atom. The van der Waals surface area contributed by atoms with Gasteiger partial charge >= 0.3 is 0 Å². The van der Waals surface area contributed by atoms with E-state index in [0.29, 0.717) is 11.2 Å². The van der Waals surface area contributed by atoms with Crippen molar-refractivity contribution in [3.63, 3.8) is 0 Å². The Morgan fingerprint density at radius 2 is 2.16 bits per heavy atom. The van der Waals surface area contributed by atoms with Crippen LogP contribution in [0, 0.1) is 11.3 Å². The molecule has 0 unspecified atom stereocenters. The molecule has 5 rings (SSSR count). The Bertz CT molecular complexity index is 928. The van der Waals surface area contributed by atoms with Gasteiger partial charge in [0.05, 0.1) is 17.8 Å². The summed E-state index contributed by atoms with van der Waals surface area (Å²) in [6.07, 6.45) is 1.95. The molecule has 9 heteroatoms. The second-order valence-corrected chi connectivity index (χ2v) is 7.96. The first-order chi connectivity index (χ1) is 11.7. The fraction of sp³-hybridized carbons (Fsp3) is 0.625. The lowest BCUT2D eigenvalue weighted by Gasteiger charge is -2.24. The number of fused-ring (bicyclic) bond motifs is 4. The van der Waals surface area contributed by atoms with Crippen LogP contribution in [0.25, 0.3) is 11.2 Å². The molecule has 0 bridgehead atoms. The number of anilines is 1. The number of Topliss-reactive ketones (excluding diaryl/α,β-unsaturated/α-hetero) is 1. The highest BCUT2D eigenvalue weighted by Gasteiger charge is 2.78. The van der Waals surface area contributed by atoms with E-state index in [1.807, 2.05) is 18.4 Å². The maximum absolute atomic E-state index is 12.4. The molecule has 0 radical (unpaired) electrons. The fourth-order valence-electron chi connectivity index (χ4n) is 4.81. The Kier molecular flexibility index (Phi) is 2.78. The van der Waals surface area contributed by atoms with E-state index in [4.69, 9.17) is 26.8 Å². The number of carbonyl (C=O) groups is 1. The molecule has 5 atom stereocenters. The van der Waals surface area contributed by atoms with Crippen LogP contribution in [-0.2, 0) is 14.3 Å². The number of hydrogen-bond donors (Lipinski definition) is 1. The number of nitrogen functional groups attached to an aromatic ring is 1. The lowest BCUT2D eigenvalue weighted by atomic mass is 9.95. The van der Waals surface area contributed by atoms with Gasteiger partial charge in [0.2, 0.25) is 5.28 Å². The Balaban J connectivity index is 1.67. The molecule has 132 valence electrons. The molecule has 0 aromatic carbocycles. The summed E-state index contributed by atoms with van der Waals surface area (Å²) in [6.45, 7) is 5.38. The summed E-state index contributed by atoms with van der Waals surface area (Å²) in [7, 11) is 0. The zero-order valence-electron chi connectivity index (χ0n) is 14.1. The van der Waals surface area contributed by atoms with Gasteiger partial charge in [0.25, 0.3) is 0 Å². The van der Waals surface area contributed by atoms with Crippen molar-refractivity contribution in [2.24, 2.45) is 11.3 Å². The van der Waals surface area contributed by atoms with E-state index in [9.17, 15) is 4.79 Å². The van der Waals surface area contributed by atoms with E-state index < -0.39 is 11.2 Å². The predicted molar refractivity (Wildman–Crippen MR) is 88.8 cm³/mol. The molecule has 3 aliphatic rings. The summed E-state index contributed by atoms with van der Waals surface area (Å²) in [5.74, 6) is -0.219. The van der Waals surface area contributed by atoms with Gasteiger partial charge in [0.15, 0.2) is 17.3 Å². The van der Waals surface area contributed by atoms with Gasteiger partial charge in [-0.25, -0.2) is 4.98 Å². The van der Waals surface area contributed by atoms with E-state index in [-0.39, 0.29) is 41.1 Å². The van der Waals surface area contributed by atoms with E-state index in [1.165, 1.54) is 0 Å². The minimum Gasteiger partial charge on any atom is -0.382 e. The quantitative estimate of drug-likeness (QED) is 0.810. The number of ketones is 1. The monoisotopic (exact) mass is 363 g/mol. The lowest BCUT2D eigenvalue weighted by Crippen LogP contribution is -2.34.